The van der Waals surface area contributed by atoms with Gasteiger partial charge in [-0.3, -0.25) is 4.79 Å². The Morgan fingerprint density at radius 2 is 1.68 bits per heavy atom. The van der Waals surface area contributed by atoms with Crippen LogP contribution in [0.25, 0.3) is 0 Å². The monoisotopic (exact) mass is 288 g/mol. The SMILES string of the molecule is CC1(C)C(NC(=O)CC2CCCCC2N)C1(C)C.Cl. The molecule has 1 amide bonds. The van der Waals surface area contributed by atoms with Crippen molar-refractivity contribution in [2.75, 3.05) is 0 Å². The zero-order valence-electron chi connectivity index (χ0n) is 12.7. The van der Waals surface area contributed by atoms with Crippen LogP contribution in [0, 0.1) is 16.7 Å². The van der Waals surface area contributed by atoms with Crippen LogP contribution in [-0.4, -0.2) is 18.0 Å². The molecule has 2 saturated carbocycles. The Hall–Kier alpha value is -0.280. The largest absolute Gasteiger partial charge is 0.352 e. The van der Waals surface area contributed by atoms with Gasteiger partial charge in [0.1, 0.15) is 0 Å². The van der Waals surface area contributed by atoms with Crippen molar-refractivity contribution in [3.8, 4) is 0 Å². The first-order valence-electron chi connectivity index (χ1n) is 7.32. The van der Waals surface area contributed by atoms with Gasteiger partial charge < -0.3 is 11.1 Å². The Morgan fingerprint density at radius 1 is 1.16 bits per heavy atom. The standard InChI is InChI=1S/C15H28N2O.ClH/c1-14(2)13(15(14,3)4)17-12(18)9-10-7-5-6-8-11(10)16;/h10-11,13H,5-9,16H2,1-4H3,(H,17,18);1H. The van der Waals surface area contributed by atoms with Crippen molar-refractivity contribution in [3.63, 3.8) is 0 Å². The van der Waals surface area contributed by atoms with Gasteiger partial charge in [0.25, 0.3) is 0 Å². The van der Waals surface area contributed by atoms with Crippen LogP contribution in [0.5, 0.6) is 0 Å². The van der Waals surface area contributed by atoms with Crippen LogP contribution in [-0.2, 0) is 4.79 Å². The zero-order valence-corrected chi connectivity index (χ0v) is 13.5. The minimum atomic E-state index is 0. The molecule has 2 aliphatic carbocycles. The minimum Gasteiger partial charge on any atom is -0.352 e. The average molecular weight is 289 g/mol. The Kier molecular flexibility index (Phi) is 4.95. The highest BCUT2D eigenvalue weighted by Crippen LogP contribution is 2.62. The Morgan fingerprint density at radius 3 is 2.16 bits per heavy atom. The maximum absolute atomic E-state index is 12.1. The predicted molar refractivity (Wildman–Crippen MR) is 81.3 cm³/mol. The number of carbonyl (C=O) groups excluding carboxylic acids is 1. The summed E-state index contributed by atoms with van der Waals surface area (Å²) in [6.45, 7) is 8.91. The van der Waals surface area contributed by atoms with Crippen molar-refractivity contribution in [1.82, 2.24) is 5.32 Å². The van der Waals surface area contributed by atoms with Crippen molar-refractivity contribution in [2.45, 2.75) is 71.9 Å². The van der Waals surface area contributed by atoms with Crippen LogP contribution in [0.2, 0.25) is 0 Å². The smallest absolute Gasteiger partial charge is 0.220 e. The summed E-state index contributed by atoms with van der Waals surface area (Å²) in [7, 11) is 0. The van der Waals surface area contributed by atoms with E-state index in [0.717, 1.165) is 12.8 Å². The molecule has 0 heterocycles. The second-order valence-electron chi connectivity index (χ2n) is 7.36. The summed E-state index contributed by atoms with van der Waals surface area (Å²) in [6.07, 6.45) is 5.27. The molecular weight excluding hydrogens is 260 g/mol. The van der Waals surface area contributed by atoms with Gasteiger partial charge in [0, 0.05) is 18.5 Å². The molecule has 2 aliphatic rings. The highest BCUT2D eigenvalue weighted by molar-refractivity contribution is 5.85. The van der Waals surface area contributed by atoms with E-state index < -0.39 is 0 Å². The summed E-state index contributed by atoms with van der Waals surface area (Å²) in [6, 6.07) is 0.544. The normalized spacial score (nSPS) is 32.3. The zero-order chi connectivity index (χ0) is 13.6. The molecular formula is C15H29ClN2O. The Labute approximate surface area is 123 Å². The van der Waals surface area contributed by atoms with E-state index in [0.29, 0.717) is 18.4 Å². The molecule has 0 aliphatic heterocycles. The van der Waals surface area contributed by atoms with Gasteiger partial charge in [0.05, 0.1) is 0 Å². The molecule has 0 bridgehead atoms. The fraction of sp³-hybridized carbons (Fsp3) is 0.933. The number of hydrogen-bond donors (Lipinski definition) is 2. The number of nitrogens with one attached hydrogen (secondary N) is 1. The molecule has 2 rings (SSSR count). The molecule has 2 unspecified atom stereocenters. The number of rotatable bonds is 3. The fourth-order valence-corrected chi connectivity index (χ4v) is 3.51. The van der Waals surface area contributed by atoms with Gasteiger partial charge in [0.15, 0.2) is 0 Å². The maximum atomic E-state index is 12.1. The fourth-order valence-electron chi connectivity index (χ4n) is 3.51. The van der Waals surface area contributed by atoms with E-state index in [2.05, 4.69) is 33.0 Å². The van der Waals surface area contributed by atoms with Crippen LogP contribution < -0.4 is 11.1 Å². The summed E-state index contributed by atoms with van der Waals surface area (Å²) in [5.74, 6) is 0.588. The van der Waals surface area contributed by atoms with Gasteiger partial charge >= 0.3 is 0 Å². The molecule has 4 heteroatoms. The van der Waals surface area contributed by atoms with E-state index in [9.17, 15) is 4.79 Å². The molecule has 0 aromatic carbocycles. The second kappa shape index (κ2) is 5.61. The van der Waals surface area contributed by atoms with Crippen molar-refractivity contribution in [2.24, 2.45) is 22.5 Å². The molecule has 3 N–H and O–H groups in total. The molecule has 3 nitrogen and oxygen atoms in total. The van der Waals surface area contributed by atoms with E-state index in [1.54, 1.807) is 0 Å². The Balaban J connectivity index is 0.00000180. The van der Waals surface area contributed by atoms with Crippen LogP contribution in [0.15, 0.2) is 0 Å². The van der Waals surface area contributed by atoms with E-state index in [4.69, 9.17) is 5.73 Å². The summed E-state index contributed by atoms with van der Waals surface area (Å²) in [4.78, 5) is 12.1. The molecule has 19 heavy (non-hydrogen) atoms. The second-order valence-corrected chi connectivity index (χ2v) is 7.36. The van der Waals surface area contributed by atoms with Gasteiger partial charge in [-0.25, -0.2) is 0 Å². The number of hydrogen-bond acceptors (Lipinski definition) is 2. The average Bonchev–Trinajstić information content (AvgIpc) is 2.64. The summed E-state index contributed by atoms with van der Waals surface area (Å²) >= 11 is 0. The van der Waals surface area contributed by atoms with Gasteiger partial charge in [-0.2, -0.15) is 0 Å². The first-order valence-corrected chi connectivity index (χ1v) is 7.32. The third kappa shape index (κ3) is 3.08. The van der Waals surface area contributed by atoms with E-state index in [1.807, 2.05) is 0 Å². The third-order valence-electron chi connectivity index (χ3n) is 5.74. The molecule has 0 aromatic heterocycles. The molecule has 0 radical (unpaired) electrons. The lowest BCUT2D eigenvalue weighted by molar-refractivity contribution is -0.122. The third-order valence-corrected chi connectivity index (χ3v) is 5.74. The molecule has 2 fully saturated rings. The first-order chi connectivity index (χ1) is 8.26. The van der Waals surface area contributed by atoms with Crippen molar-refractivity contribution >= 4 is 18.3 Å². The molecule has 0 aromatic rings. The van der Waals surface area contributed by atoms with Crippen molar-refractivity contribution in [1.29, 1.82) is 0 Å². The number of nitrogens with two attached hydrogens (primary N) is 1. The quantitative estimate of drug-likeness (QED) is 0.839. The topological polar surface area (TPSA) is 55.1 Å². The maximum Gasteiger partial charge on any atom is 0.220 e. The molecule has 0 spiro atoms. The van der Waals surface area contributed by atoms with Crippen molar-refractivity contribution in [3.05, 3.63) is 0 Å². The lowest BCUT2D eigenvalue weighted by Crippen LogP contribution is -2.38. The van der Waals surface area contributed by atoms with Gasteiger partial charge in [-0.1, -0.05) is 40.5 Å². The van der Waals surface area contributed by atoms with E-state index in [1.165, 1.54) is 12.8 Å². The van der Waals surface area contributed by atoms with Gasteiger partial charge in [0.2, 0.25) is 5.91 Å². The van der Waals surface area contributed by atoms with Crippen LogP contribution >= 0.6 is 12.4 Å². The number of halogens is 1. The van der Waals surface area contributed by atoms with E-state index in [-0.39, 0.29) is 35.2 Å². The highest BCUT2D eigenvalue weighted by atomic mass is 35.5. The molecule has 0 saturated heterocycles. The lowest BCUT2D eigenvalue weighted by atomic mass is 9.83. The Bertz CT molecular complexity index is 327. The van der Waals surface area contributed by atoms with E-state index >= 15 is 0 Å². The van der Waals surface area contributed by atoms with Crippen LogP contribution in [0.1, 0.15) is 59.8 Å². The number of carbonyl (C=O) groups is 1. The molecule has 2 atom stereocenters. The predicted octanol–water partition coefficient (Wildman–Crippen LogP) is 2.87. The summed E-state index contributed by atoms with van der Waals surface area (Å²) in [5.41, 5.74) is 6.54. The minimum absolute atomic E-state index is 0. The number of amides is 1. The first kappa shape index (κ1) is 16.8. The lowest BCUT2D eigenvalue weighted by Gasteiger charge is -2.28. The summed E-state index contributed by atoms with van der Waals surface area (Å²) < 4.78 is 0. The van der Waals surface area contributed by atoms with Crippen molar-refractivity contribution < 1.29 is 4.79 Å². The van der Waals surface area contributed by atoms with Crippen LogP contribution in [0.4, 0.5) is 0 Å². The highest BCUT2D eigenvalue weighted by Gasteiger charge is 2.65. The molecule has 112 valence electrons. The van der Waals surface area contributed by atoms with Crippen LogP contribution in [0.3, 0.4) is 0 Å². The summed E-state index contributed by atoms with van der Waals surface area (Å²) in [5, 5.41) is 3.21. The van der Waals surface area contributed by atoms with Gasteiger partial charge in [-0.15, -0.1) is 12.4 Å². The van der Waals surface area contributed by atoms with Gasteiger partial charge in [-0.05, 0) is 29.6 Å².